The molecule has 122 valence electrons. The van der Waals surface area contributed by atoms with Gasteiger partial charge in [0, 0.05) is 43.7 Å². The molecule has 0 aromatic rings. The summed E-state index contributed by atoms with van der Waals surface area (Å²) in [5, 5.41) is 3.57. The van der Waals surface area contributed by atoms with E-state index < -0.39 is 0 Å². The fourth-order valence-corrected chi connectivity index (χ4v) is 3.50. The molecule has 0 bridgehead atoms. The molecule has 0 aliphatic carbocycles. The lowest BCUT2D eigenvalue weighted by Crippen LogP contribution is -2.72. The second kappa shape index (κ2) is 6.15. The second-order valence-corrected chi connectivity index (χ2v) is 7.88. The van der Waals surface area contributed by atoms with Crippen LogP contribution in [0.4, 0.5) is 0 Å². The Kier molecular flexibility index (Phi) is 4.86. The average molecular weight is 294 g/mol. The van der Waals surface area contributed by atoms with Crippen molar-refractivity contribution in [3.63, 3.8) is 0 Å². The topological polar surface area (TPSA) is 30.9 Å². The first-order valence-corrected chi connectivity index (χ1v) is 8.52. The molecule has 2 saturated heterocycles. The summed E-state index contributed by atoms with van der Waals surface area (Å²) in [4.78, 5) is 9.50. The quantitative estimate of drug-likeness (QED) is 0.641. The van der Waals surface area contributed by atoms with Crippen molar-refractivity contribution in [1.29, 1.82) is 0 Å². The number of rotatable bonds is 3. The van der Waals surface area contributed by atoms with Gasteiger partial charge in [0.2, 0.25) is 0 Å². The van der Waals surface area contributed by atoms with Crippen LogP contribution in [-0.2, 0) is 0 Å². The number of hydrogen-bond acceptors (Lipinski definition) is 2. The van der Waals surface area contributed by atoms with Crippen LogP contribution in [0.15, 0.2) is 4.99 Å². The van der Waals surface area contributed by atoms with Crippen molar-refractivity contribution in [2.45, 2.75) is 65.5 Å². The molecule has 0 spiro atoms. The molecule has 4 nitrogen and oxygen atoms in total. The number of nitrogens with one attached hydrogen (secondary N) is 1. The van der Waals surface area contributed by atoms with E-state index in [1.165, 1.54) is 25.8 Å². The summed E-state index contributed by atoms with van der Waals surface area (Å²) in [7, 11) is 1.90. The molecule has 0 radical (unpaired) electrons. The van der Waals surface area contributed by atoms with Crippen LogP contribution in [-0.4, -0.2) is 60.6 Å². The van der Waals surface area contributed by atoms with Gasteiger partial charge in [0.05, 0.1) is 0 Å². The van der Waals surface area contributed by atoms with Crippen molar-refractivity contribution in [1.82, 2.24) is 15.1 Å². The SMILES string of the molecule is CN=C(NCCN1CCCCC1C)N1CC(C)(C)C1(C)C. The summed E-state index contributed by atoms with van der Waals surface area (Å²) in [5.41, 5.74) is 0.527. The van der Waals surface area contributed by atoms with Gasteiger partial charge in [0.1, 0.15) is 0 Å². The molecule has 0 aromatic heterocycles. The fraction of sp³-hybridized carbons (Fsp3) is 0.941. The van der Waals surface area contributed by atoms with Gasteiger partial charge >= 0.3 is 0 Å². The molecular formula is C17H34N4. The van der Waals surface area contributed by atoms with Crippen molar-refractivity contribution in [2.24, 2.45) is 10.4 Å². The molecule has 0 aromatic carbocycles. The normalized spacial score (nSPS) is 29.1. The Bertz CT molecular complexity index is 386. The Hall–Kier alpha value is -0.770. The maximum Gasteiger partial charge on any atom is 0.194 e. The third kappa shape index (κ3) is 3.20. The highest BCUT2D eigenvalue weighted by atomic mass is 15.4. The second-order valence-electron chi connectivity index (χ2n) is 7.88. The van der Waals surface area contributed by atoms with E-state index in [0.29, 0.717) is 5.41 Å². The van der Waals surface area contributed by atoms with Gasteiger partial charge in [0.25, 0.3) is 0 Å². The predicted molar refractivity (Wildman–Crippen MR) is 90.8 cm³/mol. The number of aliphatic imine (C=N–C) groups is 1. The Balaban J connectivity index is 1.82. The summed E-state index contributed by atoms with van der Waals surface area (Å²) < 4.78 is 0. The molecule has 2 aliphatic heterocycles. The van der Waals surface area contributed by atoms with Crippen LogP contribution < -0.4 is 5.32 Å². The maximum absolute atomic E-state index is 4.49. The highest BCUT2D eigenvalue weighted by Gasteiger charge is 2.53. The Morgan fingerprint density at radius 3 is 2.48 bits per heavy atom. The highest BCUT2D eigenvalue weighted by molar-refractivity contribution is 5.82. The summed E-state index contributed by atoms with van der Waals surface area (Å²) in [6, 6.07) is 0.738. The van der Waals surface area contributed by atoms with E-state index in [-0.39, 0.29) is 5.54 Å². The zero-order valence-corrected chi connectivity index (χ0v) is 14.9. The molecule has 2 heterocycles. The van der Waals surface area contributed by atoms with Gasteiger partial charge in [-0.2, -0.15) is 0 Å². The molecule has 0 saturated carbocycles. The largest absolute Gasteiger partial charge is 0.355 e. The molecule has 4 heteroatoms. The maximum atomic E-state index is 4.49. The summed E-state index contributed by atoms with van der Waals surface area (Å²) in [5.74, 6) is 1.06. The first kappa shape index (κ1) is 16.6. The zero-order chi connectivity index (χ0) is 15.7. The number of likely N-dealkylation sites (tertiary alicyclic amines) is 2. The lowest BCUT2D eigenvalue weighted by molar-refractivity contribution is -0.0667. The Labute approximate surface area is 131 Å². The van der Waals surface area contributed by atoms with Gasteiger partial charge < -0.3 is 10.2 Å². The third-order valence-corrected chi connectivity index (χ3v) is 5.97. The van der Waals surface area contributed by atoms with E-state index in [2.05, 4.69) is 54.7 Å². The van der Waals surface area contributed by atoms with Crippen molar-refractivity contribution >= 4 is 5.96 Å². The van der Waals surface area contributed by atoms with Crippen LogP contribution >= 0.6 is 0 Å². The van der Waals surface area contributed by atoms with E-state index in [1.807, 2.05) is 7.05 Å². The molecule has 1 N–H and O–H groups in total. The van der Waals surface area contributed by atoms with Crippen LogP contribution in [0.3, 0.4) is 0 Å². The standard InChI is InChI=1S/C17H34N4/c1-14-9-7-8-11-20(14)12-10-19-15(18-6)21-13-16(2,3)17(21,4)5/h14H,7-13H2,1-6H3,(H,18,19). The minimum Gasteiger partial charge on any atom is -0.355 e. The van der Waals surface area contributed by atoms with Crippen LogP contribution in [0, 0.1) is 5.41 Å². The van der Waals surface area contributed by atoms with Crippen molar-refractivity contribution in [3.05, 3.63) is 0 Å². The lowest BCUT2D eigenvalue weighted by Gasteiger charge is -2.62. The van der Waals surface area contributed by atoms with Crippen LogP contribution in [0.5, 0.6) is 0 Å². The number of hydrogen-bond donors (Lipinski definition) is 1. The monoisotopic (exact) mass is 294 g/mol. The Morgan fingerprint density at radius 1 is 1.24 bits per heavy atom. The van der Waals surface area contributed by atoms with Gasteiger partial charge in [-0.3, -0.25) is 9.89 Å². The smallest absolute Gasteiger partial charge is 0.194 e. The zero-order valence-electron chi connectivity index (χ0n) is 14.9. The Morgan fingerprint density at radius 2 is 1.95 bits per heavy atom. The summed E-state index contributed by atoms with van der Waals surface area (Å²) in [6.45, 7) is 16.1. The number of guanidine groups is 1. The van der Waals surface area contributed by atoms with E-state index >= 15 is 0 Å². The summed E-state index contributed by atoms with van der Waals surface area (Å²) in [6.07, 6.45) is 4.10. The van der Waals surface area contributed by atoms with Crippen LogP contribution in [0.2, 0.25) is 0 Å². The lowest BCUT2D eigenvalue weighted by atomic mass is 9.65. The third-order valence-electron chi connectivity index (χ3n) is 5.97. The molecular weight excluding hydrogens is 260 g/mol. The van der Waals surface area contributed by atoms with Gasteiger partial charge in [-0.25, -0.2) is 0 Å². The van der Waals surface area contributed by atoms with Crippen molar-refractivity contribution < 1.29 is 0 Å². The van der Waals surface area contributed by atoms with Gasteiger partial charge in [-0.05, 0) is 40.2 Å². The molecule has 2 rings (SSSR count). The molecule has 1 unspecified atom stereocenters. The molecule has 0 amide bonds. The van der Waals surface area contributed by atoms with E-state index in [9.17, 15) is 0 Å². The number of nitrogens with zero attached hydrogens (tertiary/aromatic N) is 3. The first-order valence-electron chi connectivity index (χ1n) is 8.52. The van der Waals surface area contributed by atoms with Crippen molar-refractivity contribution in [2.75, 3.05) is 33.2 Å². The van der Waals surface area contributed by atoms with Crippen molar-refractivity contribution in [3.8, 4) is 0 Å². The molecule has 2 aliphatic rings. The molecule has 21 heavy (non-hydrogen) atoms. The number of piperidine rings is 1. The fourth-order valence-electron chi connectivity index (χ4n) is 3.50. The average Bonchev–Trinajstić information content (AvgIpc) is 2.43. The minimum atomic E-state index is 0.174. The van der Waals surface area contributed by atoms with Gasteiger partial charge in [0.15, 0.2) is 5.96 Å². The van der Waals surface area contributed by atoms with E-state index in [0.717, 1.165) is 31.6 Å². The van der Waals surface area contributed by atoms with E-state index in [4.69, 9.17) is 0 Å². The van der Waals surface area contributed by atoms with Gasteiger partial charge in [-0.15, -0.1) is 0 Å². The summed E-state index contributed by atoms with van der Waals surface area (Å²) >= 11 is 0. The van der Waals surface area contributed by atoms with E-state index in [1.54, 1.807) is 0 Å². The van der Waals surface area contributed by atoms with Crippen LogP contribution in [0.1, 0.15) is 53.9 Å². The first-order chi connectivity index (χ1) is 9.79. The minimum absolute atomic E-state index is 0.174. The predicted octanol–water partition coefficient (Wildman–Crippen LogP) is 2.56. The highest BCUT2D eigenvalue weighted by Crippen LogP contribution is 2.46. The van der Waals surface area contributed by atoms with Crippen LogP contribution in [0.25, 0.3) is 0 Å². The molecule has 1 atom stereocenters. The molecule has 2 fully saturated rings. The van der Waals surface area contributed by atoms with Gasteiger partial charge in [-0.1, -0.05) is 20.3 Å².